The predicted octanol–water partition coefficient (Wildman–Crippen LogP) is 16.7. The lowest BCUT2D eigenvalue weighted by atomic mass is 9.85. The van der Waals surface area contributed by atoms with Crippen molar-refractivity contribution in [1.82, 2.24) is 0 Å². The Morgan fingerprint density at radius 2 is 1.13 bits per heavy atom. The maximum atomic E-state index is 6.58. The summed E-state index contributed by atoms with van der Waals surface area (Å²) in [6.45, 7) is 0. The third-order valence-electron chi connectivity index (χ3n) is 12.4. The molecule has 12 rings (SSSR count). The van der Waals surface area contributed by atoms with Gasteiger partial charge in [-0.25, -0.2) is 0 Å². The second-order valence-corrected chi connectivity index (χ2v) is 17.0. The zero-order valence-electron chi connectivity index (χ0n) is 33.3. The van der Waals surface area contributed by atoms with Crippen LogP contribution >= 0.6 is 11.3 Å². The molecule has 61 heavy (non-hydrogen) atoms. The minimum absolute atomic E-state index is 0.00792. The van der Waals surface area contributed by atoms with E-state index >= 15 is 0 Å². The fraction of sp³-hybridized carbons (Fsp3) is 0.0345. The molecule has 0 amide bonds. The van der Waals surface area contributed by atoms with E-state index in [4.69, 9.17) is 4.42 Å². The number of thiophene rings is 1. The Morgan fingerprint density at radius 3 is 2.00 bits per heavy atom. The van der Waals surface area contributed by atoms with Gasteiger partial charge in [0.2, 0.25) is 0 Å². The van der Waals surface area contributed by atoms with Crippen molar-refractivity contribution >= 4 is 81.2 Å². The highest BCUT2D eigenvalue weighted by atomic mass is 32.1. The van der Waals surface area contributed by atoms with Gasteiger partial charge in [0.05, 0.1) is 6.04 Å². The molecule has 2 aromatic heterocycles. The van der Waals surface area contributed by atoms with Crippen LogP contribution < -0.4 is 4.90 Å². The molecule has 1 atom stereocenters. The molecule has 1 aliphatic rings. The molecule has 0 radical (unpaired) electrons. The Bertz CT molecular complexity index is 3510. The third kappa shape index (κ3) is 6.00. The number of rotatable bonds is 7. The second kappa shape index (κ2) is 14.7. The average Bonchev–Trinajstić information content (AvgIpc) is 3.91. The molecule has 0 aliphatic heterocycles. The molecule has 11 aromatic rings. The highest BCUT2D eigenvalue weighted by molar-refractivity contribution is 7.26. The van der Waals surface area contributed by atoms with Crippen molar-refractivity contribution in [3.05, 3.63) is 224 Å². The van der Waals surface area contributed by atoms with Crippen LogP contribution in [-0.4, -0.2) is 6.04 Å². The Hall–Kier alpha value is -7.46. The highest BCUT2D eigenvalue weighted by Gasteiger charge is 2.28. The summed E-state index contributed by atoms with van der Waals surface area (Å²) in [5.74, 6) is 0. The molecule has 1 aliphatic carbocycles. The van der Waals surface area contributed by atoms with Gasteiger partial charge in [0, 0.05) is 47.9 Å². The van der Waals surface area contributed by atoms with Gasteiger partial charge in [-0.2, -0.15) is 0 Å². The van der Waals surface area contributed by atoms with E-state index in [0.717, 1.165) is 50.9 Å². The molecule has 0 saturated carbocycles. The van der Waals surface area contributed by atoms with Gasteiger partial charge in [-0.15, -0.1) is 11.3 Å². The van der Waals surface area contributed by atoms with Crippen LogP contribution in [-0.2, 0) is 0 Å². The van der Waals surface area contributed by atoms with Crippen molar-refractivity contribution in [3.63, 3.8) is 0 Å². The fourth-order valence-corrected chi connectivity index (χ4v) is 10.9. The van der Waals surface area contributed by atoms with Crippen LogP contribution in [0.3, 0.4) is 0 Å². The third-order valence-corrected chi connectivity index (χ3v) is 13.7. The van der Waals surface area contributed by atoms with E-state index in [1.165, 1.54) is 64.3 Å². The quantitative estimate of drug-likeness (QED) is 0.160. The molecule has 1 unspecified atom stereocenters. The van der Waals surface area contributed by atoms with Gasteiger partial charge >= 0.3 is 0 Å². The lowest BCUT2D eigenvalue weighted by Gasteiger charge is -2.37. The average molecular weight is 798 g/mol. The van der Waals surface area contributed by atoms with E-state index in [0.29, 0.717) is 0 Å². The van der Waals surface area contributed by atoms with E-state index in [2.05, 4.69) is 217 Å². The lowest BCUT2D eigenvalue weighted by Crippen LogP contribution is -2.33. The van der Waals surface area contributed by atoms with E-state index in [9.17, 15) is 0 Å². The monoisotopic (exact) mass is 797 g/mol. The summed E-state index contributed by atoms with van der Waals surface area (Å²) in [6, 6.07) is 72.9. The Morgan fingerprint density at radius 1 is 0.475 bits per heavy atom. The largest absolute Gasteiger partial charge is 0.455 e. The molecule has 0 spiro atoms. The number of fused-ring (bicyclic) bond motifs is 7. The molecule has 3 heteroatoms. The van der Waals surface area contributed by atoms with E-state index < -0.39 is 0 Å². The Labute approximate surface area is 358 Å². The topological polar surface area (TPSA) is 16.4 Å². The highest BCUT2D eigenvalue weighted by Crippen LogP contribution is 2.45. The first-order valence-corrected chi connectivity index (χ1v) is 21.8. The number of furan rings is 1. The zero-order valence-corrected chi connectivity index (χ0v) is 34.1. The first-order chi connectivity index (χ1) is 30.3. The van der Waals surface area contributed by atoms with Crippen molar-refractivity contribution in [1.29, 1.82) is 0 Å². The van der Waals surface area contributed by atoms with Crippen LogP contribution in [0.25, 0.3) is 91.8 Å². The maximum Gasteiger partial charge on any atom is 0.143 e. The minimum Gasteiger partial charge on any atom is -0.455 e. The SMILES string of the molecule is C1=CCC(N(c2ccc(-c3cccc4c3sc3ccccc34)cc2)c2cccc(-c3cccc4c3oc3ccccc34)c2)C(c2cccc3cccc(-c4ccccc4)c23)=C1. The van der Waals surface area contributed by atoms with Gasteiger partial charge in [0.25, 0.3) is 0 Å². The fourth-order valence-electron chi connectivity index (χ4n) is 9.65. The summed E-state index contributed by atoms with van der Waals surface area (Å²) in [6.07, 6.45) is 7.75. The van der Waals surface area contributed by atoms with Crippen LogP contribution in [0.15, 0.2) is 223 Å². The predicted molar refractivity (Wildman–Crippen MR) is 261 cm³/mol. The van der Waals surface area contributed by atoms with Crippen LogP contribution in [0.5, 0.6) is 0 Å². The second-order valence-electron chi connectivity index (χ2n) is 15.9. The number of anilines is 2. The number of allylic oxidation sites excluding steroid dienone is 2. The van der Waals surface area contributed by atoms with E-state index in [1.807, 2.05) is 17.4 Å². The number of benzene rings is 9. The first-order valence-electron chi connectivity index (χ1n) is 21.0. The molecule has 2 heterocycles. The van der Waals surface area contributed by atoms with Crippen molar-refractivity contribution in [2.45, 2.75) is 12.5 Å². The number of hydrogen-bond acceptors (Lipinski definition) is 3. The lowest BCUT2D eigenvalue weighted by molar-refractivity contribution is 0.670. The smallest absolute Gasteiger partial charge is 0.143 e. The summed E-state index contributed by atoms with van der Waals surface area (Å²) < 4.78 is 9.22. The normalized spacial score (nSPS) is 14.0. The van der Waals surface area contributed by atoms with E-state index in [-0.39, 0.29) is 6.04 Å². The Kier molecular flexibility index (Phi) is 8.53. The van der Waals surface area contributed by atoms with Crippen LogP contribution in [0.1, 0.15) is 12.0 Å². The van der Waals surface area contributed by atoms with E-state index in [1.54, 1.807) is 0 Å². The van der Waals surface area contributed by atoms with Crippen molar-refractivity contribution < 1.29 is 4.42 Å². The number of hydrogen-bond donors (Lipinski definition) is 0. The van der Waals surface area contributed by atoms with Crippen molar-refractivity contribution in [2.75, 3.05) is 4.90 Å². The molecule has 0 bridgehead atoms. The van der Waals surface area contributed by atoms with Crippen LogP contribution in [0.4, 0.5) is 11.4 Å². The summed E-state index contributed by atoms with van der Waals surface area (Å²) in [4.78, 5) is 2.56. The summed E-state index contributed by atoms with van der Waals surface area (Å²) in [5.41, 5.74) is 13.8. The summed E-state index contributed by atoms with van der Waals surface area (Å²) in [7, 11) is 0. The van der Waals surface area contributed by atoms with Crippen LogP contribution in [0, 0.1) is 0 Å². The molecule has 288 valence electrons. The molecular weight excluding hydrogens is 759 g/mol. The maximum absolute atomic E-state index is 6.58. The first kappa shape index (κ1) is 35.5. The van der Waals surface area contributed by atoms with Crippen molar-refractivity contribution in [3.8, 4) is 33.4 Å². The molecule has 0 N–H and O–H groups in total. The molecular formula is C58H39NOS. The van der Waals surface area contributed by atoms with Gasteiger partial charge in [0.1, 0.15) is 11.2 Å². The van der Waals surface area contributed by atoms with Gasteiger partial charge in [-0.1, -0.05) is 182 Å². The van der Waals surface area contributed by atoms with Gasteiger partial charge in [-0.05, 0) is 92.5 Å². The molecule has 2 nitrogen and oxygen atoms in total. The summed E-state index contributed by atoms with van der Waals surface area (Å²) >= 11 is 1.88. The standard InChI is InChI=1S/C58H39NOS/c1-2-15-38(16-3-1)44-24-11-17-40-18-12-27-50(56(40)44)47-21-4-7-30-53(47)59(42-35-33-39(34-36-42)46-26-14-29-52-49-23-6-9-32-55(49)61-58(46)52)43-20-10-19-41(37-43)45-25-13-28-51-48-22-5-8-31-54(48)60-57(45)51/h1-29,31-37,53H,30H2. The Balaban J connectivity index is 1.03. The molecule has 0 saturated heterocycles. The van der Waals surface area contributed by atoms with Crippen LogP contribution in [0.2, 0.25) is 0 Å². The summed E-state index contributed by atoms with van der Waals surface area (Å²) in [5, 5.41) is 7.41. The van der Waals surface area contributed by atoms with Gasteiger partial charge in [-0.3, -0.25) is 0 Å². The van der Waals surface area contributed by atoms with Gasteiger partial charge in [0.15, 0.2) is 0 Å². The van der Waals surface area contributed by atoms with Gasteiger partial charge < -0.3 is 9.32 Å². The van der Waals surface area contributed by atoms with Crippen molar-refractivity contribution in [2.24, 2.45) is 0 Å². The number of para-hydroxylation sites is 2. The molecule has 9 aromatic carbocycles. The zero-order chi connectivity index (χ0) is 40.3. The minimum atomic E-state index is 0.00792. The molecule has 0 fully saturated rings. The number of nitrogens with zero attached hydrogens (tertiary/aromatic N) is 1.